The molecule has 3 heterocycles. The second-order valence-corrected chi connectivity index (χ2v) is 9.60. The smallest absolute Gasteiger partial charge is 0.250 e. The monoisotopic (exact) mass is 397 g/mol. The zero-order chi connectivity index (χ0) is 20.2. The highest BCUT2D eigenvalue weighted by molar-refractivity contribution is 6.09. The molecule has 29 heavy (non-hydrogen) atoms. The molecule has 3 fully saturated rings. The number of aliphatic hydroxyl groups excluding tert-OH is 1. The minimum absolute atomic E-state index is 0.0472. The van der Waals surface area contributed by atoms with E-state index in [9.17, 15) is 14.7 Å². The van der Waals surface area contributed by atoms with Crippen molar-refractivity contribution in [3.05, 3.63) is 29.8 Å². The SMILES string of the molecule is CN(CC1(CO)CCCC1)C(=O)[C@@H]1C[C@H]2CCCN2[C@]12C(=O)Nc1ccccc12. The van der Waals surface area contributed by atoms with Crippen LogP contribution in [0.3, 0.4) is 0 Å². The number of anilines is 1. The number of hydrogen-bond donors (Lipinski definition) is 2. The van der Waals surface area contributed by atoms with E-state index in [2.05, 4.69) is 10.2 Å². The van der Waals surface area contributed by atoms with Gasteiger partial charge < -0.3 is 15.3 Å². The molecule has 0 radical (unpaired) electrons. The fourth-order valence-corrected chi connectivity index (χ4v) is 6.70. The van der Waals surface area contributed by atoms with Crippen molar-refractivity contribution in [3.8, 4) is 0 Å². The zero-order valence-electron chi connectivity index (χ0n) is 17.2. The van der Waals surface area contributed by atoms with E-state index in [0.717, 1.165) is 62.7 Å². The summed E-state index contributed by atoms with van der Waals surface area (Å²) in [6, 6.07) is 8.14. The first-order valence-electron chi connectivity index (χ1n) is 11.1. The van der Waals surface area contributed by atoms with E-state index in [-0.39, 0.29) is 35.8 Å². The van der Waals surface area contributed by atoms with Gasteiger partial charge in [-0.3, -0.25) is 14.5 Å². The van der Waals surface area contributed by atoms with Crippen LogP contribution in [0.1, 0.15) is 50.5 Å². The number of carbonyl (C=O) groups is 2. The Labute approximate surface area is 172 Å². The summed E-state index contributed by atoms with van der Waals surface area (Å²) in [5.74, 6) is -0.378. The lowest BCUT2D eigenvalue weighted by Crippen LogP contribution is -2.55. The van der Waals surface area contributed by atoms with Gasteiger partial charge in [0.2, 0.25) is 11.8 Å². The molecule has 2 amide bonds. The molecule has 0 aromatic heterocycles. The van der Waals surface area contributed by atoms with Gasteiger partial charge in [0.25, 0.3) is 0 Å². The highest BCUT2D eigenvalue weighted by atomic mass is 16.3. The molecule has 0 unspecified atom stereocenters. The van der Waals surface area contributed by atoms with Gasteiger partial charge in [0.05, 0.1) is 12.5 Å². The Morgan fingerprint density at radius 2 is 2.03 bits per heavy atom. The second-order valence-electron chi connectivity index (χ2n) is 9.60. The van der Waals surface area contributed by atoms with E-state index in [1.165, 1.54) is 0 Å². The average Bonchev–Trinajstić information content (AvgIpc) is 3.47. The van der Waals surface area contributed by atoms with Crippen LogP contribution in [-0.2, 0) is 15.1 Å². The largest absolute Gasteiger partial charge is 0.396 e. The maximum Gasteiger partial charge on any atom is 0.250 e. The summed E-state index contributed by atoms with van der Waals surface area (Å²) in [4.78, 5) is 31.3. The molecule has 0 bridgehead atoms. The maximum absolute atomic E-state index is 13.8. The molecule has 1 aromatic carbocycles. The molecule has 156 valence electrons. The van der Waals surface area contributed by atoms with Crippen LogP contribution in [0.4, 0.5) is 5.69 Å². The number of aliphatic hydroxyl groups is 1. The Balaban J connectivity index is 1.50. The molecule has 2 saturated heterocycles. The van der Waals surface area contributed by atoms with Crippen molar-refractivity contribution >= 4 is 17.5 Å². The lowest BCUT2D eigenvalue weighted by atomic mass is 9.77. The van der Waals surface area contributed by atoms with Crippen LogP contribution < -0.4 is 5.32 Å². The van der Waals surface area contributed by atoms with Gasteiger partial charge in [-0.1, -0.05) is 31.0 Å². The van der Waals surface area contributed by atoms with Crippen molar-refractivity contribution in [2.24, 2.45) is 11.3 Å². The number of rotatable bonds is 4. The summed E-state index contributed by atoms with van der Waals surface area (Å²) in [5.41, 5.74) is 0.736. The number of carbonyl (C=O) groups excluding carboxylic acids is 2. The molecule has 3 atom stereocenters. The average molecular weight is 398 g/mol. The minimum atomic E-state index is -0.884. The van der Waals surface area contributed by atoms with Crippen molar-refractivity contribution in [1.29, 1.82) is 0 Å². The molecule has 3 aliphatic heterocycles. The summed E-state index contributed by atoms with van der Waals surface area (Å²) >= 11 is 0. The van der Waals surface area contributed by atoms with Crippen LogP contribution in [0.5, 0.6) is 0 Å². The summed E-state index contributed by atoms with van der Waals surface area (Å²) in [7, 11) is 1.86. The molecule has 6 heteroatoms. The van der Waals surface area contributed by atoms with Crippen molar-refractivity contribution in [2.75, 3.05) is 32.1 Å². The molecule has 4 aliphatic rings. The van der Waals surface area contributed by atoms with E-state index >= 15 is 0 Å². The lowest BCUT2D eigenvalue weighted by molar-refractivity contribution is -0.144. The second kappa shape index (κ2) is 6.81. The summed E-state index contributed by atoms with van der Waals surface area (Å²) in [6.07, 6.45) is 7.02. The summed E-state index contributed by atoms with van der Waals surface area (Å²) < 4.78 is 0. The Morgan fingerprint density at radius 1 is 1.28 bits per heavy atom. The zero-order valence-corrected chi connectivity index (χ0v) is 17.2. The number of nitrogens with zero attached hydrogens (tertiary/aromatic N) is 2. The highest BCUT2D eigenvalue weighted by Crippen LogP contribution is 2.55. The van der Waals surface area contributed by atoms with Gasteiger partial charge in [0, 0.05) is 36.3 Å². The number of fused-ring (bicyclic) bond motifs is 4. The fourth-order valence-electron chi connectivity index (χ4n) is 6.70. The standard InChI is InChI=1S/C23H31N3O3/c1-25(14-22(15-27)10-4-5-11-22)20(28)18-13-16-7-6-12-26(16)23(18)17-8-2-3-9-19(17)24-21(23)29/h2-3,8-9,16,18,27H,4-7,10-15H2,1H3,(H,24,29)/t16-,18+,23+/m1/s1. The van der Waals surface area contributed by atoms with Crippen LogP contribution in [-0.4, -0.2) is 59.5 Å². The minimum Gasteiger partial charge on any atom is -0.396 e. The Hall–Kier alpha value is -1.92. The van der Waals surface area contributed by atoms with Crippen LogP contribution in [0.25, 0.3) is 0 Å². The number of hydrogen-bond acceptors (Lipinski definition) is 4. The number of para-hydroxylation sites is 1. The Bertz CT molecular complexity index is 834. The van der Waals surface area contributed by atoms with E-state index in [1.807, 2.05) is 36.2 Å². The quantitative estimate of drug-likeness (QED) is 0.818. The first-order valence-corrected chi connectivity index (χ1v) is 11.1. The van der Waals surface area contributed by atoms with Gasteiger partial charge in [-0.15, -0.1) is 0 Å². The third-order valence-electron chi connectivity index (χ3n) is 8.02. The Morgan fingerprint density at radius 3 is 2.79 bits per heavy atom. The van der Waals surface area contributed by atoms with Gasteiger partial charge in [-0.25, -0.2) is 0 Å². The maximum atomic E-state index is 13.8. The van der Waals surface area contributed by atoms with Crippen LogP contribution in [0.2, 0.25) is 0 Å². The molecular formula is C23H31N3O3. The first kappa shape index (κ1) is 19.1. The van der Waals surface area contributed by atoms with Gasteiger partial charge in [-0.05, 0) is 44.7 Å². The predicted octanol–water partition coefficient (Wildman–Crippen LogP) is 2.33. The predicted molar refractivity (Wildman–Crippen MR) is 110 cm³/mol. The normalized spacial score (nSPS) is 32.4. The molecule has 1 aromatic rings. The molecule has 5 rings (SSSR count). The van der Waals surface area contributed by atoms with E-state index in [4.69, 9.17) is 0 Å². The first-order chi connectivity index (χ1) is 14.0. The van der Waals surface area contributed by atoms with Crippen LogP contribution >= 0.6 is 0 Å². The van der Waals surface area contributed by atoms with Crippen molar-refractivity contribution in [1.82, 2.24) is 9.80 Å². The third-order valence-corrected chi connectivity index (χ3v) is 8.02. The van der Waals surface area contributed by atoms with Gasteiger partial charge in [0.15, 0.2) is 0 Å². The number of nitrogens with one attached hydrogen (secondary N) is 1. The molecule has 6 nitrogen and oxygen atoms in total. The van der Waals surface area contributed by atoms with Crippen molar-refractivity contribution in [2.45, 2.75) is 56.5 Å². The topological polar surface area (TPSA) is 72.9 Å². The van der Waals surface area contributed by atoms with Crippen molar-refractivity contribution in [3.63, 3.8) is 0 Å². The number of benzene rings is 1. The van der Waals surface area contributed by atoms with Gasteiger partial charge >= 0.3 is 0 Å². The Kier molecular flexibility index (Phi) is 4.48. The number of amides is 2. The van der Waals surface area contributed by atoms with E-state index in [1.54, 1.807) is 0 Å². The third kappa shape index (κ3) is 2.61. The van der Waals surface area contributed by atoms with E-state index < -0.39 is 5.54 Å². The van der Waals surface area contributed by atoms with Gasteiger partial charge in [0.1, 0.15) is 5.54 Å². The van der Waals surface area contributed by atoms with E-state index in [0.29, 0.717) is 6.54 Å². The molecular weight excluding hydrogens is 366 g/mol. The fraction of sp³-hybridized carbons (Fsp3) is 0.652. The molecule has 1 spiro atoms. The highest BCUT2D eigenvalue weighted by Gasteiger charge is 2.65. The summed E-state index contributed by atoms with van der Waals surface area (Å²) in [6.45, 7) is 1.56. The molecule has 1 aliphatic carbocycles. The molecule has 2 N–H and O–H groups in total. The molecule has 1 saturated carbocycles. The summed E-state index contributed by atoms with van der Waals surface area (Å²) in [5, 5.41) is 13.1. The van der Waals surface area contributed by atoms with Crippen molar-refractivity contribution < 1.29 is 14.7 Å². The lowest BCUT2D eigenvalue weighted by Gasteiger charge is -2.39. The van der Waals surface area contributed by atoms with Gasteiger partial charge in [-0.2, -0.15) is 0 Å². The van der Waals surface area contributed by atoms with Crippen LogP contribution in [0.15, 0.2) is 24.3 Å². The van der Waals surface area contributed by atoms with Crippen LogP contribution in [0, 0.1) is 11.3 Å².